The fourth-order valence-electron chi connectivity index (χ4n) is 3.52. The van der Waals surface area contributed by atoms with Crippen molar-refractivity contribution in [3.63, 3.8) is 0 Å². The van der Waals surface area contributed by atoms with Crippen LogP contribution in [0.2, 0.25) is 11.6 Å². The van der Waals surface area contributed by atoms with Gasteiger partial charge in [0.05, 0.1) is 47.1 Å². The molecule has 1 saturated heterocycles. The molecule has 1 nitrogen and oxygen atoms in total. The lowest BCUT2D eigenvalue weighted by molar-refractivity contribution is 0.0593. The largest absolute Gasteiger partial charge is 0.321 e. The van der Waals surface area contributed by atoms with Gasteiger partial charge in [0.25, 0.3) is 0 Å². The summed E-state index contributed by atoms with van der Waals surface area (Å²) in [7, 11) is 37.2. The lowest BCUT2D eigenvalue weighted by atomic mass is 9.42. The Morgan fingerprint density at radius 1 is 0.905 bits per heavy atom. The van der Waals surface area contributed by atoms with Crippen LogP contribution in [0.5, 0.6) is 0 Å². The lowest BCUT2D eigenvalue weighted by Crippen LogP contribution is -2.66. The van der Waals surface area contributed by atoms with E-state index in [1.54, 1.807) is 4.90 Å². The van der Waals surface area contributed by atoms with E-state index in [-0.39, 0.29) is 5.54 Å². The fourth-order valence-corrected chi connectivity index (χ4v) is 3.52. The number of likely N-dealkylation sites (tertiary alicyclic amines) is 1. The summed E-state index contributed by atoms with van der Waals surface area (Å²) in [4.78, 5) is 1.76. The molecule has 21 heavy (non-hydrogen) atoms. The highest BCUT2D eigenvalue weighted by Gasteiger charge is 2.56. The van der Waals surface area contributed by atoms with Crippen LogP contribution in [0.25, 0.3) is 0 Å². The second-order valence-corrected chi connectivity index (χ2v) is 6.82. The first-order chi connectivity index (χ1) is 9.55. The first kappa shape index (κ1) is 19.4. The lowest BCUT2D eigenvalue weighted by Gasteiger charge is -2.56. The predicted octanol–water partition coefficient (Wildman–Crippen LogP) is 1.34. The average Bonchev–Trinajstić information content (AvgIpc) is 2.52. The van der Waals surface area contributed by atoms with E-state index in [9.17, 15) is 0 Å². The van der Waals surface area contributed by atoms with Crippen LogP contribution in [0.3, 0.4) is 0 Å². The van der Waals surface area contributed by atoms with Gasteiger partial charge in [0.1, 0.15) is 0 Å². The van der Waals surface area contributed by atoms with Crippen LogP contribution in [-0.4, -0.2) is 68.2 Å². The van der Waals surface area contributed by atoms with Crippen LogP contribution in [0, 0.1) is 0 Å². The number of unbranched alkanes of at least 4 members (excludes halogenated alkanes) is 3. The number of hydrogen-bond donors (Lipinski definition) is 0. The van der Waals surface area contributed by atoms with Gasteiger partial charge in [-0.2, -0.15) is 0 Å². The summed E-state index contributed by atoms with van der Waals surface area (Å²) >= 11 is 0. The number of rotatable bonds is 7. The molecule has 3 unspecified atom stereocenters. The SMILES string of the molecule is [B]C1C([B])C([B])([B])N(C(C)(CC)CCCCCC)C1([B])[B]. The van der Waals surface area contributed by atoms with Gasteiger partial charge in [0.2, 0.25) is 0 Å². The van der Waals surface area contributed by atoms with Crippen molar-refractivity contribution in [3.8, 4) is 0 Å². The molecule has 0 amide bonds. The molecule has 7 heteroatoms. The minimum atomic E-state index is -1.31. The van der Waals surface area contributed by atoms with Crippen molar-refractivity contribution in [3.05, 3.63) is 0 Å². The zero-order valence-electron chi connectivity index (χ0n) is 13.8. The Hall–Kier alpha value is 0.350. The normalized spacial score (nSPS) is 31.0. The Bertz CT molecular complexity index is 328. The van der Waals surface area contributed by atoms with E-state index in [4.69, 9.17) is 47.1 Å². The molecular formula is C14H23B6N. The molecular weight excluding hydrogens is 247 g/mol. The summed E-state index contributed by atoms with van der Waals surface area (Å²) in [5.74, 6) is -1.34. The van der Waals surface area contributed by atoms with Crippen molar-refractivity contribution in [1.82, 2.24) is 4.90 Å². The Labute approximate surface area is 139 Å². The van der Waals surface area contributed by atoms with E-state index in [0.717, 1.165) is 19.3 Å². The Morgan fingerprint density at radius 2 is 1.38 bits per heavy atom. The zero-order chi connectivity index (χ0) is 16.5. The second kappa shape index (κ2) is 6.85. The molecule has 1 rings (SSSR count). The molecule has 1 aliphatic rings. The summed E-state index contributed by atoms with van der Waals surface area (Å²) in [6, 6.07) is 0. The molecule has 3 atom stereocenters. The molecule has 0 saturated carbocycles. The van der Waals surface area contributed by atoms with Gasteiger partial charge in [-0.15, -0.1) is 0 Å². The third-order valence-electron chi connectivity index (χ3n) is 5.10. The van der Waals surface area contributed by atoms with Gasteiger partial charge >= 0.3 is 0 Å². The predicted molar refractivity (Wildman–Crippen MR) is 96.8 cm³/mol. The van der Waals surface area contributed by atoms with Crippen molar-refractivity contribution in [2.75, 3.05) is 0 Å². The molecule has 0 aromatic heterocycles. The Balaban J connectivity index is 3.01. The van der Waals surface area contributed by atoms with Gasteiger partial charge in [-0.1, -0.05) is 61.8 Å². The third kappa shape index (κ3) is 3.48. The molecule has 12 radical (unpaired) electrons. The molecule has 1 aliphatic heterocycles. The zero-order valence-corrected chi connectivity index (χ0v) is 13.8. The summed E-state index contributed by atoms with van der Waals surface area (Å²) in [5.41, 5.74) is -0.327. The van der Waals surface area contributed by atoms with Crippen LogP contribution in [0.15, 0.2) is 0 Å². The smallest absolute Gasteiger partial charge is 0.0817 e. The second-order valence-electron chi connectivity index (χ2n) is 6.82. The van der Waals surface area contributed by atoms with E-state index < -0.39 is 22.3 Å². The minimum Gasteiger partial charge on any atom is -0.321 e. The third-order valence-corrected chi connectivity index (χ3v) is 5.10. The minimum absolute atomic E-state index is 0.327. The van der Waals surface area contributed by atoms with Crippen LogP contribution in [-0.2, 0) is 0 Å². The van der Waals surface area contributed by atoms with Crippen LogP contribution in [0.4, 0.5) is 0 Å². The van der Waals surface area contributed by atoms with Gasteiger partial charge < -0.3 is 4.90 Å². The van der Waals surface area contributed by atoms with Crippen molar-refractivity contribution >= 4 is 47.1 Å². The molecule has 1 heterocycles. The van der Waals surface area contributed by atoms with Crippen LogP contribution >= 0.6 is 0 Å². The fraction of sp³-hybridized carbons (Fsp3) is 1.00. The molecule has 0 spiro atoms. The molecule has 0 aromatic rings. The van der Waals surface area contributed by atoms with Crippen molar-refractivity contribution in [2.45, 2.75) is 87.1 Å². The highest BCUT2D eigenvalue weighted by atomic mass is 15.3. The summed E-state index contributed by atoms with van der Waals surface area (Å²) in [6.07, 6.45) is 6.39. The van der Waals surface area contributed by atoms with Crippen molar-refractivity contribution in [1.29, 1.82) is 0 Å². The van der Waals surface area contributed by atoms with Crippen LogP contribution < -0.4 is 0 Å². The summed E-state index contributed by atoms with van der Waals surface area (Å²) < 4.78 is 0. The summed E-state index contributed by atoms with van der Waals surface area (Å²) in [6.45, 7) is 6.36. The van der Waals surface area contributed by atoms with Gasteiger partial charge in [0, 0.05) is 5.54 Å². The Kier molecular flexibility index (Phi) is 6.33. The van der Waals surface area contributed by atoms with E-state index >= 15 is 0 Å². The molecule has 0 N–H and O–H groups in total. The highest BCUT2D eigenvalue weighted by Crippen LogP contribution is 2.53. The summed E-state index contributed by atoms with van der Waals surface area (Å²) in [5, 5.41) is -2.61. The monoisotopic (exact) mass is 271 g/mol. The quantitative estimate of drug-likeness (QED) is 0.498. The average molecular weight is 270 g/mol. The highest BCUT2D eigenvalue weighted by molar-refractivity contribution is 6.52. The van der Waals surface area contributed by atoms with Gasteiger partial charge in [-0.3, -0.25) is 0 Å². The van der Waals surface area contributed by atoms with E-state index in [1.165, 1.54) is 19.3 Å². The van der Waals surface area contributed by atoms with Gasteiger partial charge in [-0.25, -0.2) is 0 Å². The molecule has 0 aliphatic carbocycles. The first-order valence-electron chi connectivity index (χ1n) is 8.02. The maximum atomic E-state index is 6.26. The van der Waals surface area contributed by atoms with Gasteiger partial charge in [0.15, 0.2) is 0 Å². The van der Waals surface area contributed by atoms with E-state index in [1.807, 2.05) is 0 Å². The van der Waals surface area contributed by atoms with Gasteiger partial charge in [-0.05, 0) is 19.8 Å². The van der Waals surface area contributed by atoms with Crippen LogP contribution in [0.1, 0.15) is 59.3 Å². The molecule has 1 fully saturated rings. The van der Waals surface area contributed by atoms with E-state index in [2.05, 4.69) is 20.8 Å². The maximum Gasteiger partial charge on any atom is 0.0817 e. The van der Waals surface area contributed by atoms with E-state index in [0.29, 0.717) is 0 Å². The van der Waals surface area contributed by atoms with Crippen molar-refractivity contribution < 1.29 is 0 Å². The first-order valence-corrected chi connectivity index (χ1v) is 8.02. The maximum absolute atomic E-state index is 6.26. The molecule has 0 bridgehead atoms. The number of hydrogen-bond acceptors (Lipinski definition) is 1. The van der Waals surface area contributed by atoms with Crippen molar-refractivity contribution in [2.24, 2.45) is 0 Å². The number of nitrogens with zero attached hydrogens (tertiary/aromatic N) is 1. The topological polar surface area (TPSA) is 3.24 Å². The Morgan fingerprint density at radius 3 is 1.76 bits per heavy atom. The molecule has 102 valence electrons. The standard InChI is InChI=1S/C14H23B6N/c1-4-6-7-8-9-12(3,5-2)21-13(17,18)10(15)11(16)14(21,19)20/h10-11H,4-9H2,1-3H3. The molecule has 0 aromatic carbocycles.